The van der Waals surface area contributed by atoms with Gasteiger partial charge in [0.25, 0.3) is 0 Å². The molecule has 1 rings (SSSR count). The maximum Gasteiger partial charge on any atom is 0.407 e. The lowest BCUT2D eigenvalue weighted by molar-refractivity contribution is -0.0816. The highest BCUT2D eigenvalue weighted by Gasteiger charge is 2.31. The van der Waals surface area contributed by atoms with Crippen molar-refractivity contribution >= 4 is 6.09 Å². The van der Waals surface area contributed by atoms with Crippen LogP contribution in [0.4, 0.5) is 4.79 Å². The highest BCUT2D eigenvalue weighted by Crippen LogP contribution is 2.15. The Morgan fingerprint density at radius 1 is 1.50 bits per heavy atom. The fourth-order valence-electron chi connectivity index (χ4n) is 1.59. The zero-order chi connectivity index (χ0) is 12.3. The Hall–Kier alpha value is -0.810. The van der Waals surface area contributed by atoms with Gasteiger partial charge in [-0.05, 0) is 34.1 Å². The van der Waals surface area contributed by atoms with Gasteiger partial charge in [-0.1, -0.05) is 0 Å². The number of rotatable bonds is 1. The van der Waals surface area contributed by atoms with Gasteiger partial charge >= 0.3 is 6.09 Å². The summed E-state index contributed by atoms with van der Waals surface area (Å²) in [6.45, 7) is 7.73. The molecule has 1 aliphatic rings. The molecule has 1 fully saturated rings. The van der Waals surface area contributed by atoms with Crippen LogP contribution in [0.1, 0.15) is 34.1 Å². The standard InChI is InChI=1S/C11H21NO4/c1-7-9(13)8(5-6-15-7)12-10(14)16-11(2,3)4/h7-9,13H,5-6H2,1-4H3,(H,12,14). The van der Waals surface area contributed by atoms with Crippen LogP contribution >= 0.6 is 0 Å². The largest absolute Gasteiger partial charge is 0.444 e. The second-order valence-corrected chi connectivity index (χ2v) is 5.11. The van der Waals surface area contributed by atoms with Crippen molar-refractivity contribution in [3.8, 4) is 0 Å². The highest BCUT2D eigenvalue weighted by atomic mass is 16.6. The van der Waals surface area contributed by atoms with Crippen molar-refractivity contribution in [1.82, 2.24) is 5.32 Å². The van der Waals surface area contributed by atoms with Gasteiger partial charge in [0.2, 0.25) is 0 Å². The van der Waals surface area contributed by atoms with Crippen LogP contribution in [-0.2, 0) is 9.47 Å². The molecule has 0 bridgehead atoms. The minimum Gasteiger partial charge on any atom is -0.444 e. The predicted molar refractivity (Wildman–Crippen MR) is 59.2 cm³/mol. The van der Waals surface area contributed by atoms with E-state index in [1.165, 1.54) is 0 Å². The second-order valence-electron chi connectivity index (χ2n) is 5.11. The van der Waals surface area contributed by atoms with Gasteiger partial charge in [-0.3, -0.25) is 0 Å². The van der Waals surface area contributed by atoms with Crippen LogP contribution in [0.5, 0.6) is 0 Å². The van der Waals surface area contributed by atoms with E-state index in [0.29, 0.717) is 13.0 Å². The second kappa shape index (κ2) is 5.01. The van der Waals surface area contributed by atoms with E-state index in [0.717, 1.165) is 0 Å². The Bertz CT molecular complexity index is 249. The number of nitrogens with one attached hydrogen (secondary N) is 1. The molecule has 3 atom stereocenters. The van der Waals surface area contributed by atoms with E-state index in [1.807, 2.05) is 0 Å². The molecule has 3 unspecified atom stereocenters. The zero-order valence-electron chi connectivity index (χ0n) is 10.3. The van der Waals surface area contributed by atoms with Crippen LogP contribution in [0.15, 0.2) is 0 Å². The van der Waals surface area contributed by atoms with Crippen LogP contribution in [0.3, 0.4) is 0 Å². The van der Waals surface area contributed by atoms with Crippen LogP contribution in [0, 0.1) is 0 Å². The molecule has 0 spiro atoms. The van der Waals surface area contributed by atoms with Gasteiger partial charge in [-0.2, -0.15) is 0 Å². The molecule has 1 aliphatic heterocycles. The van der Waals surface area contributed by atoms with Crippen LogP contribution in [-0.4, -0.2) is 41.7 Å². The van der Waals surface area contributed by atoms with Gasteiger partial charge in [0.1, 0.15) is 11.7 Å². The average Bonchev–Trinajstić information content (AvgIpc) is 2.09. The molecule has 0 radical (unpaired) electrons. The van der Waals surface area contributed by atoms with E-state index in [2.05, 4.69) is 5.32 Å². The van der Waals surface area contributed by atoms with Crippen molar-refractivity contribution in [2.75, 3.05) is 6.61 Å². The molecule has 0 aromatic rings. The van der Waals surface area contributed by atoms with Gasteiger partial charge in [0, 0.05) is 6.61 Å². The first kappa shape index (κ1) is 13.3. The molecule has 1 saturated heterocycles. The van der Waals surface area contributed by atoms with Crippen molar-refractivity contribution < 1.29 is 19.4 Å². The Labute approximate surface area is 96.1 Å². The van der Waals surface area contributed by atoms with E-state index in [-0.39, 0.29) is 12.1 Å². The molecule has 0 aliphatic carbocycles. The van der Waals surface area contributed by atoms with E-state index in [4.69, 9.17) is 9.47 Å². The molecule has 1 heterocycles. The summed E-state index contributed by atoms with van der Waals surface area (Å²) in [4.78, 5) is 11.5. The fraction of sp³-hybridized carbons (Fsp3) is 0.909. The molecule has 5 heteroatoms. The summed E-state index contributed by atoms with van der Waals surface area (Å²) in [5.74, 6) is 0. The number of aliphatic hydroxyl groups is 1. The van der Waals surface area contributed by atoms with Gasteiger partial charge < -0.3 is 19.9 Å². The first-order chi connectivity index (χ1) is 7.29. The summed E-state index contributed by atoms with van der Waals surface area (Å²) in [6, 6.07) is -0.293. The molecule has 5 nitrogen and oxygen atoms in total. The van der Waals surface area contributed by atoms with Crippen LogP contribution in [0.25, 0.3) is 0 Å². The summed E-state index contributed by atoms with van der Waals surface area (Å²) in [6.07, 6.45) is -0.828. The van der Waals surface area contributed by atoms with Crippen molar-refractivity contribution in [3.63, 3.8) is 0 Å². The van der Waals surface area contributed by atoms with Crippen LogP contribution in [0.2, 0.25) is 0 Å². The summed E-state index contributed by atoms with van der Waals surface area (Å²) in [5, 5.41) is 12.5. The maximum absolute atomic E-state index is 11.5. The minimum atomic E-state index is -0.679. The molecule has 2 N–H and O–H groups in total. The lowest BCUT2D eigenvalue weighted by Crippen LogP contribution is -2.53. The molecule has 94 valence electrons. The van der Waals surface area contributed by atoms with Gasteiger partial charge in [-0.15, -0.1) is 0 Å². The SMILES string of the molecule is CC1OCCC(NC(=O)OC(C)(C)C)C1O. The number of hydrogen-bond acceptors (Lipinski definition) is 4. The number of alkyl carbamates (subject to hydrolysis) is 1. The smallest absolute Gasteiger partial charge is 0.407 e. The lowest BCUT2D eigenvalue weighted by Gasteiger charge is -2.33. The first-order valence-electron chi connectivity index (χ1n) is 5.59. The molecule has 16 heavy (non-hydrogen) atoms. The Balaban J connectivity index is 2.44. The maximum atomic E-state index is 11.5. The summed E-state index contributed by atoms with van der Waals surface area (Å²) >= 11 is 0. The van der Waals surface area contributed by atoms with Crippen LogP contribution < -0.4 is 5.32 Å². The Kier molecular flexibility index (Phi) is 4.15. The third-order valence-electron chi connectivity index (χ3n) is 2.40. The Morgan fingerprint density at radius 2 is 2.12 bits per heavy atom. The van der Waals surface area contributed by atoms with E-state index < -0.39 is 17.8 Å². The first-order valence-corrected chi connectivity index (χ1v) is 5.59. The number of amides is 1. The van der Waals surface area contributed by atoms with E-state index in [9.17, 15) is 9.90 Å². The van der Waals surface area contributed by atoms with E-state index in [1.54, 1.807) is 27.7 Å². The molecule has 1 amide bonds. The van der Waals surface area contributed by atoms with Gasteiger partial charge in [-0.25, -0.2) is 4.79 Å². The molecule has 0 aromatic heterocycles. The third kappa shape index (κ3) is 3.98. The number of aliphatic hydroxyl groups excluding tert-OH is 1. The summed E-state index contributed by atoms with van der Waals surface area (Å²) in [7, 11) is 0. The summed E-state index contributed by atoms with van der Waals surface area (Å²) in [5.41, 5.74) is -0.522. The third-order valence-corrected chi connectivity index (χ3v) is 2.40. The number of carbonyl (C=O) groups excluding carboxylic acids is 1. The quantitative estimate of drug-likeness (QED) is 0.708. The zero-order valence-corrected chi connectivity index (χ0v) is 10.3. The minimum absolute atomic E-state index is 0.256. The summed E-state index contributed by atoms with van der Waals surface area (Å²) < 4.78 is 10.4. The number of carbonyl (C=O) groups is 1. The van der Waals surface area contributed by atoms with Crippen molar-refractivity contribution in [3.05, 3.63) is 0 Å². The Morgan fingerprint density at radius 3 is 2.69 bits per heavy atom. The predicted octanol–water partition coefficient (Wildman–Crippen LogP) is 1.05. The molecular formula is C11H21NO4. The number of ether oxygens (including phenoxy) is 2. The van der Waals surface area contributed by atoms with Crippen molar-refractivity contribution in [2.24, 2.45) is 0 Å². The van der Waals surface area contributed by atoms with Gasteiger partial charge in [0.05, 0.1) is 12.1 Å². The molecular weight excluding hydrogens is 210 g/mol. The molecule has 0 saturated carbocycles. The van der Waals surface area contributed by atoms with Crippen molar-refractivity contribution in [1.29, 1.82) is 0 Å². The average molecular weight is 231 g/mol. The highest BCUT2D eigenvalue weighted by molar-refractivity contribution is 5.68. The molecule has 0 aromatic carbocycles. The fourth-order valence-corrected chi connectivity index (χ4v) is 1.59. The number of hydrogen-bond donors (Lipinski definition) is 2. The normalized spacial score (nSPS) is 30.9. The topological polar surface area (TPSA) is 67.8 Å². The monoisotopic (exact) mass is 231 g/mol. The van der Waals surface area contributed by atoms with Crippen molar-refractivity contribution in [2.45, 2.75) is 58.0 Å². The van der Waals surface area contributed by atoms with E-state index >= 15 is 0 Å². The van der Waals surface area contributed by atoms with Gasteiger partial charge in [0.15, 0.2) is 0 Å². The lowest BCUT2D eigenvalue weighted by atomic mass is 10.0.